The molecular formula is C26H29N5O3S. The van der Waals surface area contributed by atoms with Gasteiger partial charge in [-0.25, -0.2) is 8.42 Å². The van der Waals surface area contributed by atoms with Crippen LogP contribution in [0, 0.1) is 0 Å². The van der Waals surface area contributed by atoms with Gasteiger partial charge in [0.15, 0.2) is 0 Å². The van der Waals surface area contributed by atoms with Crippen LogP contribution in [0.3, 0.4) is 0 Å². The van der Waals surface area contributed by atoms with Crippen LogP contribution in [0.25, 0.3) is 0 Å². The van der Waals surface area contributed by atoms with E-state index in [9.17, 15) is 13.2 Å². The van der Waals surface area contributed by atoms with Crippen LogP contribution in [0.2, 0.25) is 0 Å². The van der Waals surface area contributed by atoms with Gasteiger partial charge in [-0.3, -0.25) is 9.78 Å². The maximum atomic E-state index is 13.7. The minimum Gasteiger partial charge on any atom is -0.382 e. The van der Waals surface area contributed by atoms with Crippen LogP contribution >= 0.6 is 0 Å². The molecule has 8 nitrogen and oxygen atoms in total. The first-order chi connectivity index (χ1) is 16.9. The van der Waals surface area contributed by atoms with Crippen molar-refractivity contribution in [3.05, 3.63) is 78.1 Å². The molecule has 0 spiro atoms. The van der Waals surface area contributed by atoms with Crippen molar-refractivity contribution < 1.29 is 13.2 Å². The lowest BCUT2D eigenvalue weighted by Crippen LogP contribution is -2.36. The standard InChI is InChI=1S/C26H29N5O3S/c1-29-24-10-3-2-9-22(24)26(32)30(19-20-8-4-5-13-27-20)17-14-28-23-12-11-21(18-25(23)29)35(33,34)31-15-6-7-16-31/h2-5,8-13,18,28H,6-7,14-17,19H2,1H3. The van der Waals surface area contributed by atoms with Crippen molar-refractivity contribution >= 4 is 33.0 Å². The Bertz CT molecular complexity index is 1320. The molecule has 0 radical (unpaired) electrons. The smallest absolute Gasteiger partial charge is 0.256 e. The molecule has 1 amide bonds. The normalized spacial score (nSPS) is 17.0. The van der Waals surface area contributed by atoms with Gasteiger partial charge in [-0.1, -0.05) is 18.2 Å². The van der Waals surface area contributed by atoms with E-state index in [1.54, 1.807) is 27.5 Å². The van der Waals surface area contributed by atoms with Crippen LogP contribution in [0.4, 0.5) is 17.1 Å². The first kappa shape index (κ1) is 23.3. The van der Waals surface area contributed by atoms with E-state index in [1.165, 1.54) is 0 Å². The van der Waals surface area contributed by atoms with Crippen molar-refractivity contribution in [2.45, 2.75) is 24.3 Å². The zero-order chi connectivity index (χ0) is 24.4. The number of sulfonamides is 1. The van der Waals surface area contributed by atoms with Gasteiger partial charge in [-0.15, -0.1) is 0 Å². The van der Waals surface area contributed by atoms with E-state index in [-0.39, 0.29) is 10.8 Å². The summed E-state index contributed by atoms with van der Waals surface area (Å²) in [5.74, 6) is -0.0933. The van der Waals surface area contributed by atoms with E-state index >= 15 is 0 Å². The minimum atomic E-state index is -3.57. The molecular weight excluding hydrogens is 462 g/mol. The third-order valence-corrected chi connectivity index (χ3v) is 8.49. The van der Waals surface area contributed by atoms with Crippen molar-refractivity contribution in [1.29, 1.82) is 0 Å². The molecule has 2 aliphatic heterocycles. The summed E-state index contributed by atoms with van der Waals surface area (Å²) >= 11 is 0. The highest BCUT2D eigenvalue weighted by atomic mass is 32.2. The number of amides is 1. The molecule has 3 heterocycles. The SMILES string of the molecule is CN1c2cc(S(=O)(=O)N3CCCC3)ccc2NCCN(Cc2ccccn2)C(=O)c2ccccc21. The lowest BCUT2D eigenvalue weighted by molar-refractivity contribution is 0.0748. The van der Waals surface area contributed by atoms with Gasteiger partial charge in [0, 0.05) is 39.4 Å². The van der Waals surface area contributed by atoms with E-state index in [4.69, 9.17) is 0 Å². The molecule has 2 aromatic carbocycles. The molecule has 0 saturated carbocycles. The van der Waals surface area contributed by atoms with Crippen molar-refractivity contribution in [1.82, 2.24) is 14.2 Å². The van der Waals surface area contributed by atoms with Crippen LogP contribution in [0.5, 0.6) is 0 Å². The molecule has 0 bridgehead atoms. The number of pyridine rings is 1. The minimum absolute atomic E-state index is 0.0933. The topological polar surface area (TPSA) is 85.8 Å². The van der Waals surface area contributed by atoms with Gasteiger partial charge in [0.1, 0.15) is 0 Å². The van der Waals surface area contributed by atoms with Gasteiger partial charge in [0.2, 0.25) is 10.0 Å². The van der Waals surface area contributed by atoms with Gasteiger partial charge in [-0.05, 0) is 55.3 Å². The van der Waals surface area contributed by atoms with Crippen molar-refractivity contribution in [3.63, 3.8) is 0 Å². The number of carbonyl (C=O) groups excluding carboxylic acids is 1. The number of para-hydroxylation sites is 1. The lowest BCUT2D eigenvalue weighted by atomic mass is 10.1. The third-order valence-electron chi connectivity index (χ3n) is 6.59. The fraction of sp³-hybridized carbons (Fsp3) is 0.308. The number of rotatable bonds is 4. The Morgan fingerprint density at radius 2 is 1.71 bits per heavy atom. The van der Waals surface area contributed by atoms with Gasteiger partial charge < -0.3 is 15.1 Å². The number of hydrogen-bond donors (Lipinski definition) is 1. The molecule has 35 heavy (non-hydrogen) atoms. The number of nitrogens with one attached hydrogen (secondary N) is 1. The summed E-state index contributed by atoms with van der Waals surface area (Å²) in [7, 11) is -1.70. The van der Waals surface area contributed by atoms with E-state index in [2.05, 4.69) is 10.3 Å². The summed E-state index contributed by atoms with van der Waals surface area (Å²) in [5.41, 5.74) is 3.62. The van der Waals surface area contributed by atoms with Gasteiger partial charge >= 0.3 is 0 Å². The van der Waals surface area contributed by atoms with Gasteiger partial charge in [0.05, 0.1) is 39.8 Å². The number of aromatic nitrogens is 1. The molecule has 9 heteroatoms. The number of carbonyl (C=O) groups is 1. The molecule has 0 atom stereocenters. The summed E-state index contributed by atoms with van der Waals surface area (Å²) in [5, 5.41) is 3.41. The highest BCUT2D eigenvalue weighted by molar-refractivity contribution is 7.89. The van der Waals surface area contributed by atoms with Gasteiger partial charge in [-0.2, -0.15) is 4.31 Å². The zero-order valence-corrected chi connectivity index (χ0v) is 20.5. The molecule has 2 aliphatic rings. The van der Waals surface area contributed by atoms with Gasteiger partial charge in [0.25, 0.3) is 5.91 Å². The predicted molar refractivity (Wildman–Crippen MR) is 136 cm³/mol. The Balaban J connectivity index is 1.54. The Hall–Kier alpha value is -3.43. The fourth-order valence-electron chi connectivity index (χ4n) is 4.69. The van der Waals surface area contributed by atoms with Crippen molar-refractivity contribution in [2.75, 3.05) is 43.4 Å². The second-order valence-corrected chi connectivity index (χ2v) is 10.8. The summed E-state index contributed by atoms with van der Waals surface area (Å²) in [6.07, 6.45) is 3.50. The number of anilines is 3. The average Bonchev–Trinajstić information content (AvgIpc) is 3.44. The van der Waals surface area contributed by atoms with Crippen molar-refractivity contribution in [2.24, 2.45) is 0 Å². The molecule has 0 unspecified atom stereocenters. The average molecular weight is 492 g/mol. The maximum Gasteiger partial charge on any atom is 0.256 e. The number of hydrogen-bond acceptors (Lipinski definition) is 6. The molecule has 0 aliphatic carbocycles. The first-order valence-electron chi connectivity index (χ1n) is 11.9. The molecule has 182 valence electrons. The molecule has 3 aromatic rings. The van der Waals surface area contributed by atoms with E-state index < -0.39 is 10.0 Å². The Kier molecular flexibility index (Phi) is 6.44. The highest BCUT2D eigenvalue weighted by Crippen LogP contribution is 2.36. The molecule has 1 aromatic heterocycles. The Labute approximate surface area is 206 Å². The summed E-state index contributed by atoms with van der Waals surface area (Å²) in [6, 6.07) is 18.3. The summed E-state index contributed by atoms with van der Waals surface area (Å²) < 4.78 is 28.0. The van der Waals surface area contributed by atoms with Crippen LogP contribution in [0.15, 0.2) is 71.8 Å². The second-order valence-electron chi connectivity index (χ2n) is 8.84. The Morgan fingerprint density at radius 3 is 2.49 bits per heavy atom. The van der Waals surface area contributed by atoms with E-state index in [0.717, 1.165) is 24.2 Å². The quantitative estimate of drug-likeness (QED) is 0.599. The van der Waals surface area contributed by atoms with Crippen LogP contribution < -0.4 is 10.2 Å². The maximum absolute atomic E-state index is 13.7. The largest absolute Gasteiger partial charge is 0.382 e. The Morgan fingerprint density at radius 1 is 0.943 bits per heavy atom. The van der Waals surface area contributed by atoms with E-state index in [0.29, 0.717) is 49.7 Å². The number of benzene rings is 2. The highest BCUT2D eigenvalue weighted by Gasteiger charge is 2.29. The third kappa shape index (κ3) is 4.61. The zero-order valence-electron chi connectivity index (χ0n) is 19.7. The number of fused-ring (bicyclic) bond motifs is 2. The van der Waals surface area contributed by atoms with E-state index in [1.807, 2.05) is 60.5 Å². The number of nitrogens with zero attached hydrogens (tertiary/aromatic N) is 4. The molecule has 1 saturated heterocycles. The van der Waals surface area contributed by atoms with Crippen LogP contribution in [-0.2, 0) is 16.6 Å². The lowest BCUT2D eigenvalue weighted by Gasteiger charge is -2.31. The van der Waals surface area contributed by atoms with Crippen molar-refractivity contribution in [3.8, 4) is 0 Å². The van der Waals surface area contributed by atoms with Crippen LogP contribution in [-0.4, -0.2) is 61.7 Å². The second kappa shape index (κ2) is 9.67. The molecule has 1 fully saturated rings. The summed E-state index contributed by atoms with van der Waals surface area (Å²) in [6.45, 7) is 2.49. The molecule has 5 rings (SSSR count). The predicted octanol–water partition coefficient (Wildman–Crippen LogP) is 3.70. The molecule has 1 N–H and O–H groups in total. The summed E-state index contributed by atoms with van der Waals surface area (Å²) in [4.78, 5) is 22.0. The first-order valence-corrected chi connectivity index (χ1v) is 13.3. The fourth-order valence-corrected chi connectivity index (χ4v) is 6.23. The monoisotopic (exact) mass is 491 g/mol. The van der Waals surface area contributed by atoms with Crippen LogP contribution in [0.1, 0.15) is 28.9 Å².